The highest BCUT2D eigenvalue weighted by Gasteiger charge is 2.13. The van der Waals surface area contributed by atoms with Gasteiger partial charge in [-0.15, -0.1) is 11.3 Å². The summed E-state index contributed by atoms with van der Waals surface area (Å²) >= 11 is 4.94. The van der Waals surface area contributed by atoms with Gasteiger partial charge in [0.1, 0.15) is 11.6 Å². The van der Waals surface area contributed by atoms with Gasteiger partial charge in [-0.05, 0) is 46.3 Å². The summed E-state index contributed by atoms with van der Waals surface area (Å²) in [6.45, 7) is 0.736. The Bertz CT molecular complexity index is 561. The molecule has 0 amide bonds. The molecule has 1 unspecified atom stereocenters. The number of rotatable bonds is 5. The number of nitrogens with one attached hydrogen (secondary N) is 1. The van der Waals surface area contributed by atoms with Crippen LogP contribution in [0.2, 0.25) is 0 Å². The van der Waals surface area contributed by atoms with E-state index in [-0.39, 0.29) is 12.1 Å². The van der Waals surface area contributed by atoms with Crippen molar-refractivity contribution in [2.75, 3.05) is 6.54 Å². The number of hydrogen-bond acceptors (Lipinski definition) is 3. The summed E-state index contributed by atoms with van der Waals surface area (Å²) in [5.74, 6) is -1.16. The van der Waals surface area contributed by atoms with Crippen LogP contribution in [0.25, 0.3) is 0 Å². The molecule has 0 radical (unpaired) electrons. The average Bonchev–Trinajstić information content (AvgIpc) is 2.78. The summed E-state index contributed by atoms with van der Waals surface area (Å²) in [6, 6.07) is 6.96. The Morgan fingerprint density at radius 3 is 2.74 bits per heavy atom. The van der Waals surface area contributed by atoms with Gasteiger partial charge in [0.25, 0.3) is 0 Å². The van der Waals surface area contributed by atoms with Gasteiger partial charge in [0.05, 0.1) is 9.89 Å². The highest BCUT2D eigenvalue weighted by Crippen LogP contribution is 2.22. The van der Waals surface area contributed by atoms with Crippen molar-refractivity contribution in [1.82, 2.24) is 5.32 Å². The lowest BCUT2D eigenvalue weighted by Crippen LogP contribution is -2.21. The molecule has 2 rings (SSSR count). The van der Waals surface area contributed by atoms with E-state index in [0.717, 1.165) is 26.9 Å². The molecule has 19 heavy (non-hydrogen) atoms. The van der Waals surface area contributed by atoms with Crippen molar-refractivity contribution in [1.29, 1.82) is 0 Å². The van der Waals surface area contributed by atoms with Crippen LogP contribution in [0.3, 0.4) is 0 Å². The van der Waals surface area contributed by atoms with E-state index in [2.05, 4.69) is 21.2 Å². The van der Waals surface area contributed by atoms with Gasteiger partial charge < -0.3 is 10.4 Å². The third kappa shape index (κ3) is 4.07. The predicted octanol–water partition coefficient (Wildman–Crippen LogP) is 3.61. The van der Waals surface area contributed by atoms with Crippen molar-refractivity contribution in [2.24, 2.45) is 0 Å². The van der Waals surface area contributed by atoms with E-state index in [9.17, 15) is 13.9 Å². The first kappa shape index (κ1) is 14.6. The first-order valence-corrected chi connectivity index (χ1v) is 7.25. The van der Waals surface area contributed by atoms with E-state index < -0.39 is 17.7 Å². The number of aliphatic hydroxyl groups excluding tert-OH is 1. The number of hydrogen-bond donors (Lipinski definition) is 2. The summed E-state index contributed by atoms with van der Waals surface area (Å²) in [7, 11) is 0. The van der Waals surface area contributed by atoms with Gasteiger partial charge in [0, 0.05) is 23.5 Å². The summed E-state index contributed by atoms with van der Waals surface area (Å²) in [6.07, 6.45) is -1.07. The Morgan fingerprint density at radius 1 is 1.26 bits per heavy atom. The molecule has 6 heteroatoms. The van der Waals surface area contributed by atoms with Gasteiger partial charge in [-0.2, -0.15) is 0 Å². The van der Waals surface area contributed by atoms with Crippen LogP contribution in [0.1, 0.15) is 16.5 Å². The molecule has 1 aromatic heterocycles. The fourth-order valence-corrected chi connectivity index (χ4v) is 3.11. The highest BCUT2D eigenvalue weighted by atomic mass is 79.9. The molecular formula is C13H12BrF2NOS. The van der Waals surface area contributed by atoms with Crippen LogP contribution in [-0.4, -0.2) is 11.7 Å². The van der Waals surface area contributed by atoms with E-state index in [1.54, 1.807) is 11.3 Å². The minimum absolute atomic E-state index is 0.0279. The quantitative estimate of drug-likeness (QED) is 0.865. The largest absolute Gasteiger partial charge is 0.387 e. The van der Waals surface area contributed by atoms with E-state index in [1.165, 1.54) is 0 Å². The molecule has 0 saturated carbocycles. The van der Waals surface area contributed by atoms with Crippen LogP contribution in [0.5, 0.6) is 0 Å². The molecule has 0 bridgehead atoms. The van der Waals surface area contributed by atoms with Gasteiger partial charge in [0.15, 0.2) is 0 Å². The van der Waals surface area contributed by atoms with E-state index in [0.29, 0.717) is 6.54 Å². The van der Waals surface area contributed by atoms with Crippen LogP contribution >= 0.6 is 27.3 Å². The lowest BCUT2D eigenvalue weighted by Gasteiger charge is -2.12. The predicted molar refractivity (Wildman–Crippen MR) is 75.0 cm³/mol. The number of halogens is 3. The Labute approximate surface area is 122 Å². The second kappa shape index (κ2) is 6.56. The summed E-state index contributed by atoms with van der Waals surface area (Å²) in [4.78, 5) is 1.10. The molecule has 102 valence electrons. The first-order valence-electron chi connectivity index (χ1n) is 5.64. The molecule has 0 saturated heterocycles. The Hall–Kier alpha value is -0.820. The molecule has 2 N–H and O–H groups in total. The fourth-order valence-electron chi connectivity index (χ4n) is 1.66. The minimum Gasteiger partial charge on any atom is -0.387 e. The molecule has 1 atom stereocenters. The molecule has 2 nitrogen and oxygen atoms in total. The maximum Gasteiger partial charge on any atom is 0.129 e. The van der Waals surface area contributed by atoms with Crippen LogP contribution < -0.4 is 5.32 Å². The smallest absolute Gasteiger partial charge is 0.129 e. The summed E-state index contributed by atoms with van der Waals surface area (Å²) in [5, 5.41) is 12.8. The van der Waals surface area contributed by atoms with Crippen LogP contribution in [-0.2, 0) is 6.54 Å². The van der Waals surface area contributed by atoms with Crippen LogP contribution in [0, 0.1) is 11.6 Å². The molecule has 0 fully saturated rings. The third-order valence-corrected chi connectivity index (χ3v) is 4.21. The molecule has 0 spiro atoms. The standard InChI is InChI=1S/C13H12BrF2NOS/c14-13-4-2-9(19-13)6-17-7-12(18)10-5-8(15)1-3-11(10)16/h1-5,12,17-18H,6-7H2. The fraction of sp³-hybridized carbons (Fsp3) is 0.231. The maximum absolute atomic E-state index is 13.4. The van der Waals surface area contributed by atoms with Crippen LogP contribution in [0.4, 0.5) is 8.78 Å². The SMILES string of the molecule is OC(CNCc1ccc(Br)s1)c1cc(F)ccc1F. The van der Waals surface area contributed by atoms with Gasteiger partial charge in [-0.25, -0.2) is 8.78 Å². The van der Waals surface area contributed by atoms with Crippen molar-refractivity contribution < 1.29 is 13.9 Å². The lowest BCUT2D eigenvalue weighted by atomic mass is 10.1. The van der Waals surface area contributed by atoms with Gasteiger partial charge >= 0.3 is 0 Å². The number of aliphatic hydroxyl groups is 1. The Morgan fingerprint density at radius 2 is 2.05 bits per heavy atom. The van der Waals surface area contributed by atoms with Crippen molar-refractivity contribution in [3.8, 4) is 0 Å². The second-order valence-corrected chi connectivity index (χ2v) is 6.57. The zero-order valence-electron chi connectivity index (χ0n) is 9.87. The normalized spacial score (nSPS) is 12.6. The Balaban J connectivity index is 1.90. The second-order valence-electron chi connectivity index (χ2n) is 4.02. The van der Waals surface area contributed by atoms with E-state index in [4.69, 9.17) is 0 Å². The number of benzene rings is 1. The topological polar surface area (TPSA) is 32.3 Å². The molecule has 1 heterocycles. The van der Waals surface area contributed by atoms with Gasteiger partial charge in [-0.1, -0.05) is 0 Å². The first-order chi connectivity index (χ1) is 9.06. The zero-order chi connectivity index (χ0) is 13.8. The van der Waals surface area contributed by atoms with E-state index >= 15 is 0 Å². The summed E-state index contributed by atoms with van der Waals surface area (Å²) in [5.41, 5.74) is -0.0279. The lowest BCUT2D eigenvalue weighted by molar-refractivity contribution is 0.169. The minimum atomic E-state index is -1.07. The summed E-state index contributed by atoms with van der Waals surface area (Å²) < 4.78 is 27.4. The van der Waals surface area contributed by atoms with Crippen LogP contribution in [0.15, 0.2) is 34.1 Å². The molecular weight excluding hydrogens is 336 g/mol. The average molecular weight is 348 g/mol. The molecule has 2 aromatic rings. The maximum atomic E-state index is 13.4. The Kier molecular flexibility index (Phi) is 5.04. The molecule has 1 aromatic carbocycles. The molecule has 0 aliphatic rings. The molecule has 0 aliphatic carbocycles. The van der Waals surface area contributed by atoms with Crippen molar-refractivity contribution in [3.05, 3.63) is 56.2 Å². The number of thiophene rings is 1. The highest BCUT2D eigenvalue weighted by molar-refractivity contribution is 9.11. The zero-order valence-corrected chi connectivity index (χ0v) is 12.3. The third-order valence-electron chi connectivity index (χ3n) is 2.58. The van der Waals surface area contributed by atoms with E-state index in [1.807, 2.05) is 12.1 Å². The monoisotopic (exact) mass is 347 g/mol. The van der Waals surface area contributed by atoms with Crippen molar-refractivity contribution >= 4 is 27.3 Å². The van der Waals surface area contributed by atoms with Crippen molar-refractivity contribution in [3.63, 3.8) is 0 Å². The van der Waals surface area contributed by atoms with Gasteiger partial charge in [0.2, 0.25) is 0 Å². The van der Waals surface area contributed by atoms with Crippen molar-refractivity contribution in [2.45, 2.75) is 12.6 Å². The molecule has 0 aliphatic heterocycles. The van der Waals surface area contributed by atoms with Gasteiger partial charge in [-0.3, -0.25) is 0 Å².